The second kappa shape index (κ2) is 10.6. The van der Waals surface area contributed by atoms with E-state index in [0.717, 1.165) is 31.4 Å². The van der Waals surface area contributed by atoms with Crippen molar-refractivity contribution in [1.82, 2.24) is 14.6 Å². The lowest BCUT2D eigenvalue weighted by atomic mass is 10.3. The number of nitrogens with one attached hydrogen (secondary N) is 1. The molecule has 28 heavy (non-hydrogen) atoms. The van der Waals surface area contributed by atoms with E-state index >= 15 is 0 Å². The van der Waals surface area contributed by atoms with Gasteiger partial charge in [0.15, 0.2) is 0 Å². The average molecular weight is 428 g/mol. The lowest BCUT2D eigenvalue weighted by Crippen LogP contribution is -2.31. The average Bonchev–Trinajstić information content (AvgIpc) is 3.14. The summed E-state index contributed by atoms with van der Waals surface area (Å²) < 4.78 is 40.4. The highest BCUT2D eigenvalue weighted by molar-refractivity contribution is 7.89. The number of carbonyl (C=O) groups is 1. The van der Waals surface area contributed by atoms with E-state index in [0.29, 0.717) is 30.2 Å². The van der Waals surface area contributed by atoms with E-state index in [2.05, 4.69) is 10.3 Å². The Kier molecular flexibility index (Phi) is 8.53. The van der Waals surface area contributed by atoms with Crippen LogP contribution in [0.15, 0.2) is 34.5 Å². The van der Waals surface area contributed by atoms with Gasteiger partial charge in [0.2, 0.25) is 10.0 Å². The van der Waals surface area contributed by atoms with Crippen LogP contribution in [0.4, 0.5) is 4.39 Å². The van der Waals surface area contributed by atoms with Crippen molar-refractivity contribution in [3.63, 3.8) is 0 Å². The summed E-state index contributed by atoms with van der Waals surface area (Å²) in [4.78, 5) is 16.4. The zero-order chi connectivity index (χ0) is 20.6. The molecule has 2 rings (SSSR count). The first-order valence-electron chi connectivity index (χ1n) is 9.36. The summed E-state index contributed by atoms with van der Waals surface area (Å²) in [5.41, 5.74) is 0.297. The summed E-state index contributed by atoms with van der Waals surface area (Å²) in [5.74, 6) is -0.741. The number of thiazole rings is 1. The van der Waals surface area contributed by atoms with Crippen molar-refractivity contribution < 1.29 is 17.6 Å². The smallest absolute Gasteiger partial charge is 0.270 e. The molecule has 0 fully saturated rings. The molecule has 0 bridgehead atoms. The molecule has 0 radical (unpaired) electrons. The molecule has 0 saturated heterocycles. The molecule has 1 N–H and O–H groups in total. The Morgan fingerprint density at radius 1 is 1.18 bits per heavy atom. The Morgan fingerprint density at radius 3 is 2.50 bits per heavy atom. The van der Waals surface area contributed by atoms with Crippen LogP contribution in [-0.4, -0.2) is 36.7 Å². The van der Waals surface area contributed by atoms with Crippen LogP contribution >= 0.6 is 11.3 Å². The van der Waals surface area contributed by atoms with Crippen molar-refractivity contribution in [3.05, 3.63) is 46.2 Å². The molecule has 0 aliphatic rings. The molecular formula is C19H26FN3O3S2. The molecule has 0 unspecified atom stereocenters. The molecule has 0 saturated carbocycles. The van der Waals surface area contributed by atoms with Crippen molar-refractivity contribution in [2.24, 2.45) is 0 Å². The van der Waals surface area contributed by atoms with Gasteiger partial charge in [-0.15, -0.1) is 11.3 Å². The predicted octanol–water partition coefficient (Wildman–Crippen LogP) is 3.80. The van der Waals surface area contributed by atoms with Crippen molar-refractivity contribution >= 4 is 27.3 Å². The van der Waals surface area contributed by atoms with Gasteiger partial charge < -0.3 is 5.32 Å². The second-order valence-corrected chi connectivity index (χ2v) is 9.26. The first-order valence-corrected chi connectivity index (χ1v) is 11.7. The zero-order valence-electron chi connectivity index (χ0n) is 16.2. The number of rotatable bonds is 11. The number of nitrogens with zero attached hydrogens (tertiary/aromatic N) is 2. The number of carbonyl (C=O) groups excluding carboxylic acids is 1. The van der Waals surface area contributed by atoms with E-state index in [-0.39, 0.29) is 17.3 Å². The number of benzene rings is 1. The first kappa shape index (κ1) is 22.4. The fraction of sp³-hybridized carbons (Fsp3) is 0.474. The molecule has 1 amide bonds. The highest BCUT2D eigenvalue weighted by atomic mass is 32.2. The number of hydrogen-bond donors (Lipinski definition) is 1. The highest BCUT2D eigenvalue weighted by Crippen LogP contribution is 2.21. The molecule has 0 aliphatic carbocycles. The maximum Gasteiger partial charge on any atom is 0.270 e. The molecule has 1 heterocycles. The van der Waals surface area contributed by atoms with Gasteiger partial charge in [0.1, 0.15) is 16.5 Å². The fourth-order valence-corrected chi connectivity index (χ4v) is 4.79. The van der Waals surface area contributed by atoms with E-state index in [1.165, 1.54) is 27.8 Å². The van der Waals surface area contributed by atoms with E-state index in [1.54, 1.807) is 5.38 Å². The highest BCUT2D eigenvalue weighted by Gasteiger charge is 2.25. The van der Waals surface area contributed by atoms with Crippen molar-refractivity contribution in [3.8, 4) is 0 Å². The van der Waals surface area contributed by atoms with Crippen molar-refractivity contribution in [2.75, 3.05) is 13.1 Å². The third-order valence-electron chi connectivity index (χ3n) is 4.12. The van der Waals surface area contributed by atoms with Gasteiger partial charge in [-0.2, -0.15) is 4.31 Å². The molecule has 0 aliphatic heterocycles. The Labute approximate surface area is 169 Å². The minimum absolute atomic E-state index is 0.0408. The van der Waals surface area contributed by atoms with Crippen LogP contribution in [0.25, 0.3) is 0 Å². The molecule has 0 atom stereocenters. The Bertz CT molecular complexity index is 867. The first-order chi connectivity index (χ1) is 13.4. The quantitative estimate of drug-likeness (QED) is 0.553. The number of amides is 1. The Morgan fingerprint density at radius 2 is 1.86 bits per heavy atom. The van der Waals surface area contributed by atoms with Gasteiger partial charge in [0.05, 0.1) is 11.4 Å². The number of aromatic nitrogens is 1. The predicted molar refractivity (Wildman–Crippen MR) is 108 cm³/mol. The molecule has 2 aromatic rings. The fourth-order valence-electron chi connectivity index (χ4n) is 2.48. The molecule has 9 heteroatoms. The zero-order valence-corrected chi connectivity index (χ0v) is 17.8. The molecular weight excluding hydrogens is 401 g/mol. The van der Waals surface area contributed by atoms with Crippen LogP contribution in [0.5, 0.6) is 0 Å². The van der Waals surface area contributed by atoms with Gasteiger partial charge in [-0.1, -0.05) is 26.7 Å². The number of sulfonamides is 1. The van der Waals surface area contributed by atoms with Crippen LogP contribution in [-0.2, 0) is 16.6 Å². The number of unbranched alkanes of at least 4 members (excludes halogenated alkanes) is 2. The number of halogens is 1. The maximum atomic E-state index is 13.2. The van der Waals surface area contributed by atoms with Crippen LogP contribution < -0.4 is 5.32 Å². The number of hydrogen-bond acceptors (Lipinski definition) is 5. The van der Waals surface area contributed by atoms with Crippen LogP contribution in [0.1, 0.15) is 55.0 Å². The summed E-state index contributed by atoms with van der Waals surface area (Å²) >= 11 is 1.25. The van der Waals surface area contributed by atoms with Gasteiger partial charge >= 0.3 is 0 Å². The summed E-state index contributed by atoms with van der Waals surface area (Å²) in [5, 5.41) is 4.98. The molecule has 1 aromatic heterocycles. The van der Waals surface area contributed by atoms with Gasteiger partial charge in [0.25, 0.3) is 5.91 Å². The Balaban J connectivity index is 2.16. The third kappa shape index (κ3) is 6.08. The van der Waals surface area contributed by atoms with Crippen LogP contribution in [0.3, 0.4) is 0 Å². The van der Waals surface area contributed by atoms with Gasteiger partial charge in [0, 0.05) is 18.5 Å². The minimum Gasteiger partial charge on any atom is -0.351 e. The molecule has 0 spiro atoms. The van der Waals surface area contributed by atoms with E-state index in [9.17, 15) is 17.6 Å². The van der Waals surface area contributed by atoms with E-state index < -0.39 is 15.8 Å². The largest absolute Gasteiger partial charge is 0.351 e. The molecule has 1 aromatic carbocycles. The monoisotopic (exact) mass is 427 g/mol. The topological polar surface area (TPSA) is 79.4 Å². The van der Waals surface area contributed by atoms with Gasteiger partial charge in [-0.05, 0) is 37.1 Å². The SMILES string of the molecule is CCCCNC(=O)c1csc(CN(CCCC)S(=O)(=O)c2ccc(F)cc2)n1. The lowest BCUT2D eigenvalue weighted by Gasteiger charge is -2.21. The summed E-state index contributed by atoms with van der Waals surface area (Å²) in [6, 6.07) is 4.79. The Hall–Kier alpha value is -1.84. The lowest BCUT2D eigenvalue weighted by molar-refractivity contribution is 0.0948. The van der Waals surface area contributed by atoms with Crippen molar-refractivity contribution in [1.29, 1.82) is 0 Å². The van der Waals surface area contributed by atoms with Crippen LogP contribution in [0.2, 0.25) is 0 Å². The summed E-state index contributed by atoms with van der Waals surface area (Å²) in [7, 11) is -3.78. The molecule has 154 valence electrons. The maximum absolute atomic E-state index is 13.2. The third-order valence-corrected chi connectivity index (χ3v) is 6.82. The van der Waals surface area contributed by atoms with Crippen molar-refractivity contribution in [2.45, 2.75) is 51.0 Å². The normalized spacial score (nSPS) is 11.7. The summed E-state index contributed by atoms with van der Waals surface area (Å²) in [6.45, 7) is 5.01. The van der Waals surface area contributed by atoms with Crippen LogP contribution in [0, 0.1) is 5.82 Å². The van der Waals surface area contributed by atoms with Gasteiger partial charge in [-0.3, -0.25) is 4.79 Å². The molecule has 6 nitrogen and oxygen atoms in total. The van der Waals surface area contributed by atoms with E-state index in [4.69, 9.17) is 0 Å². The minimum atomic E-state index is -3.78. The van der Waals surface area contributed by atoms with E-state index in [1.807, 2.05) is 13.8 Å². The van der Waals surface area contributed by atoms with Gasteiger partial charge in [-0.25, -0.2) is 17.8 Å². The summed E-state index contributed by atoms with van der Waals surface area (Å²) in [6.07, 6.45) is 3.40. The second-order valence-electron chi connectivity index (χ2n) is 6.38. The standard InChI is InChI=1S/C19H26FN3O3S2/c1-3-5-11-21-19(24)17-14-27-18(22-17)13-23(12-6-4-2)28(25,26)16-9-7-15(20)8-10-16/h7-10,14H,3-6,11-13H2,1-2H3,(H,21,24).